The van der Waals surface area contributed by atoms with Crippen LogP contribution in [0, 0.1) is 6.92 Å². The van der Waals surface area contributed by atoms with Crippen molar-refractivity contribution in [2.24, 2.45) is 5.10 Å². The van der Waals surface area contributed by atoms with Crippen LogP contribution in [0.25, 0.3) is 5.69 Å². The smallest absolute Gasteiger partial charge is 0.244 e. The Morgan fingerprint density at radius 2 is 1.93 bits per heavy atom. The van der Waals surface area contributed by atoms with Crippen LogP contribution >= 0.6 is 11.6 Å². The third kappa shape index (κ3) is 4.54. The summed E-state index contributed by atoms with van der Waals surface area (Å²) in [6.45, 7) is 1.84. The highest BCUT2D eigenvalue weighted by Crippen LogP contribution is 2.21. The van der Waals surface area contributed by atoms with Crippen LogP contribution in [0.1, 0.15) is 16.8 Å². The first-order valence-electron chi connectivity index (χ1n) is 8.34. The van der Waals surface area contributed by atoms with Gasteiger partial charge in [-0.25, -0.2) is 10.1 Å². The van der Waals surface area contributed by atoms with Gasteiger partial charge in [-0.15, -0.1) is 0 Å². The Bertz CT molecular complexity index is 950. The highest BCUT2D eigenvalue weighted by atomic mass is 35.5. The molecule has 1 N–H and O–H groups in total. The minimum absolute atomic E-state index is 0.220. The van der Waals surface area contributed by atoms with Gasteiger partial charge in [-0.1, -0.05) is 41.9 Å². The van der Waals surface area contributed by atoms with Gasteiger partial charge in [-0.3, -0.25) is 4.79 Å². The maximum Gasteiger partial charge on any atom is 0.244 e. The van der Waals surface area contributed by atoms with Gasteiger partial charge in [0, 0.05) is 0 Å². The number of para-hydroxylation sites is 1. The standard InChI is InChI=1S/C20H19ClN4O2/c1-14-18(20(21)25(24-14)16-6-4-3-5-7-16)13-22-23-19(26)12-15-8-10-17(27-2)11-9-15/h3-11,13H,12H2,1-2H3,(H,23,26)/b22-13-. The first-order valence-corrected chi connectivity index (χ1v) is 8.71. The van der Waals surface area contributed by atoms with E-state index in [1.807, 2.05) is 61.5 Å². The van der Waals surface area contributed by atoms with Crippen molar-refractivity contribution in [2.45, 2.75) is 13.3 Å². The van der Waals surface area contributed by atoms with E-state index in [4.69, 9.17) is 16.3 Å². The number of aromatic nitrogens is 2. The average molecular weight is 383 g/mol. The molecule has 0 saturated heterocycles. The molecule has 0 fully saturated rings. The predicted octanol–water partition coefficient (Wildman–Crippen LogP) is 3.54. The topological polar surface area (TPSA) is 68.5 Å². The number of hydrogen-bond acceptors (Lipinski definition) is 4. The van der Waals surface area contributed by atoms with Crippen molar-refractivity contribution in [1.82, 2.24) is 15.2 Å². The van der Waals surface area contributed by atoms with E-state index in [-0.39, 0.29) is 12.3 Å². The van der Waals surface area contributed by atoms with E-state index >= 15 is 0 Å². The predicted molar refractivity (Wildman–Crippen MR) is 106 cm³/mol. The highest BCUT2D eigenvalue weighted by molar-refractivity contribution is 6.32. The number of nitrogens with zero attached hydrogens (tertiary/aromatic N) is 3. The second-order valence-electron chi connectivity index (χ2n) is 5.86. The lowest BCUT2D eigenvalue weighted by molar-refractivity contribution is -0.120. The van der Waals surface area contributed by atoms with E-state index in [9.17, 15) is 4.79 Å². The molecule has 6 nitrogen and oxygen atoms in total. The van der Waals surface area contributed by atoms with E-state index < -0.39 is 0 Å². The molecule has 1 aromatic heterocycles. The fraction of sp³-hybridized carbons (Fsp3) is 0.150. The van der Waals surface area contributed by atoms with Crippen molar-refractivity contribution in [3.05, 3.63) is 76.6 Å². The van der Waals surface area contributed by atoms with Crippen molar-refractivity contribution < 1.29 is 9.53 Å². The summed E-state index contributed by atoms with van der Waals surface area (Å²) < 4.78 is 6.74. The Morgan fingerprint density at radius 3 is 2.59 bits per heavy atom. The average Bonchev–Trinajstić information content (AvgIpc) is 2.97. The van der Waals surface area contributed by atoms with Gasteiger partial charge < -0.3 is 4.74 Å². The van der Waals surface area contributed by atoms with Crippen LogP contribution in [0.4, 0.5) is 0 Å². The van der Waals surface area contributed by atoms with Crippen LogP contribution in [-0.2, 0) is 11.2 Å². The van der Waals surface area contributed by atoms with Crippen LogP contribution in [-0.4, -0.2) is 29.0 Å². The Hall–Kier alpha value is -3.12. The Labute approximate surface area is 162 Å². The molecule has 0 aliphatic rings. The zero-order valence-corrected chi connectivity index (χ0v) is 15.8. The Morgan fingerprint density at radius 1 is 1.22 bits per heavy atom. The Balaban J connectivity index is 1.65. The van der Waals surface area contributed by atoms with Gasteiger partial charge in [-0.2, -0.15) is 10.2 Å². The van der Waals surface area contributed by atoms with Gasteiger partial charge in [0.25, 0.3) is 0 Å². The van der Waals surface area contributed by atoms with E-state index in [0.29, 0.717) is 10.7 Å². The molecule has 3 rings (SSSR count). The number of carbonyl (C=O) groups excluding carboxylic acids is 1. The molecule has 138 valence electrons. The monoisotopic (exact) mass is 382 g/mol. The van der Waals surface area contributed by atoms with Gasteiger partial charge >= 0.3 is 0 Å². The third-order valence-corrected chi connectivity index (χ3v) is 4.32. The van der Waals surface area contributed by atoms with Crippen molar-refractivity contribution in [1.29, 1.82) is 0 Å². The number of halogens is 1. The van der Waals surface area contributed by atoms with E-state index in [1.54, 1.807) is 11.8 Å². The molecule has 0 bridgehead atoms. The molecule has 0 aliphatic carbocycles. The lowest BCUT2D eigenvalue weighted by Crippen LogP contribution is -2.19. The molecule has 27 heavy (non-hydrogen) atoms. The number of hydrazone groups is 1. The first-order chi connectivity index (χ1) is 13.1. The van der Waals surface area contributed by atoms with Crippen molar-refractivity contribution in [3.8, 4) is 11.4 Å². The quantitative estimate of drug-likeness (QED) is 0.523. The van der Waals surface area contributed by atoms with E-state index in [2.05, 4.69) is 15.6 Å². The number of nitrogens with one attached hydrogen (secondary N) is 1. The fourth-order valence-electron chi connectivity index (χ4n) is 2.54. The maximum atomic E-state index is 12.0. The maximum absolute atomic E-state index is 12.0. The highest BCUT2D eigenvalue weighted by Gasteiger charge is 2.13. The van der Waals surface area contributed by atoms with E-state index in [0.717, 1.165) is 22.7 Å². The van der Waals surface area contributed by atoms with Crippen LogP contribution in [0.15, 0.2) is 59.7 Å². The van der Waals surface area contributed by atoms with Crippen molar-refractivity contribution in [3.63, 3.8) is 0 Å². The normalized spacial score (nSPS) is 10.9. The molecule has 1 amide bonds. The van der Waals surface area contributed by atoms with Gasteiger partial charge in [-0.05, 0) is 36.8 Å². The molecular weight excluding hydrogens is 364 g/mol. The lowest BCUT2D eigenvalue weighted by atomic mass is 10.1. The third-order valence-electron chi connectivity index (χ3n) is 3.96. The van der Waals surface area contributed by atoms with Crippen LogP contribution < -0.4 is 10.2 Å². The first kappa shape index (κ1) is 18.7. The van der Waals surface area contributed by atoms with Gasteiger partial charge in [0.1, 0.15) is 10.9 Å². The molecule has 0 atom stereocenters. The zero-order valence-electron chi connectivity index (χ0n) is 15.0. The summed E-state index contributed by atoms with van der Waals surface area (Å²) in [4.78, 5) is 12.0. The summed E-state index contributed by atoms with van der Waals surface area (Å²) in [6.07, 6.45) is 1.73. The number of aryl methyl sites for hydroxylation is 1. The summed E-state index contributed by atoms with van der Waals surface area (Å²) in [5, 5.41) is 8.88. The zero-order chi connectivity index (χ0) is 19.2. The van der Waals surface area contributed by atoms with Crippen LogP contribution in [0.3, 0.4) is 0 Å². The number of rotatable bonds is 6. The number of carbonyl (C=O) groups is 1. The lowest BCUT2D eigenvalue weighted by Gasteiger charge is -2.03. The van der Waals surface area contributed by atoms with E-state index in [1.165, 1.54) is 6.21 Å². The summed E-state index contributed by atoms with van der Waals surface area (Å²) in [6, 6.07) is 16.9. The second-order valence-corrected chi connectivity index (χ2v) is 6.21. The fourth-order valence-corrected chi connectivity index (χ4v) is 2.86. The second kappa shape index (κ2) is 8.51. The molecule has 3 aromatic rings. The van der Waals surface area contributed by atoms with Crippen molar-refractivity contribution in [2.75, 3.05) is 7.11 Å². The summed E-state index contributed by atoms with van der Waals surface area (Å²) in [5.74, 6) is 0.526. The molecule has 0 radical (unpaired) electrons. The number of methoxy groups -OCH3 is 1. The molecule has 7 heteroatoms. The number of benzene rings is 2. The molecular formula is C20H19ClN4O2. The minimum Gasteiger partial charge on any atom is -0.497 e. The number of amides is 1. The minimum atomic E-state index is -0.222. The molecule has 0 aliphatic heterocycles. The van der Waals surface area contributed by atoms with Crippen molar-refractivity contribution >= 4 is 23.7 Å². The van der Waals surface area contributed by atoms with Gasteiger partial charge in [0.2, 0.25) is 5.91 Å². The number of hydrogen-bond donors (Lipinski definition) is 1. The molecule has 2 aromatic carbocycles. The summed E-state index contributed by atoms with van der Waals surface area (Å²) in [7, 11) is 1.60. The molecule has 0 saturated carbocycles. The van der Waals surface area contributed by atoms with Crippen LogP contribution in [0.5, 0.6) is 5.75 Å². The molecule has 0 spiro atoms. The Kier molecular flexibility index (Phi) is 5.88. The number of ether oxygens (including phenoxy) is 1. The molecule has 1 heterocycles. The van der Waals surface area contributed by atoms with Gasteiger partial charge in [0.15, 0.2) is 0 Å². The molecule has 0 unspecified atom stereocenters. The largest absolute Gasteiger partial charge is 0.497 e. The van der Waals surface area contributed by atoms with Gasteiger partial charge in [0.05, 0.1) is 36.7 Å². The summed E-state index contributed by atoms with van der Waals surface area (Å²) >= 11 is 6.42. The summed E-state index contributed by atoms with van der Waals surface area (Å²) in [5.41, 5.74) is 5.62. The van der Waals surface area contributed by atoms with Crippen LogP contribution in [0.2, 0.25) is 5.15 Å². The SMILES string of the molecule is COc1ccc(CC(=O)N/N=C\c2c(C)nn(-c3ccccc3)c2Cl)cc1.